The Balaban J connectivity index is 1.46. The fourth-order valence-electron chi connectivity index (χ4n) is 2.57. The lowest BCUT2D eigenvalue weighted by atomic mass is 10.1. The molecule has 0 amide bonds. The second kappa shape index (κ2) is 6.47. The number of nitrogen functional groups attached to an aromatic ring is 1. The van der Waals surface area contributed by atoms with Crippen molar-refractivity contribution in [2.75, 3.05) is 25.4 Å². The van der Waals surface area contributed by atoms with E-state index in [9.17, 15) is 5.11 Å². The van der Waals surface area contributed by atoms with E-state index in [2.05, 4.69) is 16.3 Å². The van der Waals surface area contributed by atoms with Crippen molar-refractivity contribution in [1.29, 1.82) is 0 Å². The number of aliphatic hydroxyl groups is 1. The molecule has 0 radical (unpaired) electrons. The number of nitrogens with zero attached hydrogens (tertiary/aromatic N) is 1. The van der Waals surface area contributed by atoms with E-state index >= 15 is 0 Å². The number of fused-ring (bicyclic) bond motifs is 1. The van der Waals surface area contributed by atoms with Gasteiger partial charge in [-0.1, -0.05) is 0 Å². The van der Waals surface area contributed by atoms with Crippen LogP contribution in [0.4, 0.5) is 5.69 Å². The van der Waals surface area contributed by atoms with Crippen LogP contribution in [0.15, 0.2) is 35.7 Å². The fraction of sp³-hybridized carbons (Fsp3) is 0.375. The quantitative estimate of drug-likeness (QED) is 0.831. The minimum absolute atomic E-state index is 0.302. The molecule has 0 aliphatic carbocycles. The Morgan fingerprint density at radius 2 is 2.10 bits per heavy atom. The van der Waals surface area contributed by atoms with E-state index in [0.717, 1.165) is 25.3 Å². The van der Waals surface area contributed by atoms with E-state index in [0.29, 0.717) is 18.8 Å². The Labute approximate surface area is 128 Å². The van der Waals surface area contributed by atoms with E-state index < -0.39 is 6.10 Å². The van der Waals surface area contributed by atoms with E-state index in [4.69, 9.17) is 10.5 Å². The molecule has 0 fully saturated rings. The third-order valence-electron chi connectivity index (χ3n) is 3.68. The van der Waals surface area contributed by atoms with Crippen LogP contribution in [0, 0.1) is 0 Å². The van der Waals surface area contributed by atoms with E-state index in [1.807, 2.05) is 23.5 Å². The molecule has 2 aromatic rings. The number of thiophene rings is 1. The minimum Gasteiger partial charge on any atom is -0.491 e. The average molecular weight is 304 g/mol. The molecular weight excluding hydrogens is 284 g/mol. The van der Waals surface area contributed by atoms with E-state index in [1.54, 1.807) is 12.1 Å². The first-order valence-corrected chi connectivity index (χ1v) is 8.02. The summed E-state index contributed by atoms with van der Waals surface area (Å²) in [4.78, 5) is 3.77. The minimum atomic E-state index is -0.484. The third-order valence-corrected chi connectivity index (χ3v) is 4.70. The molecule has 1 aliphatic heterocycles. The predicted octanol–water partition coefficient (Wildman–Crippen LogP) is 2.13. The largest absolute Gasteiger partial charge is 0.491 e. The summed E-state index contributed by atoms with van der Waals surface area (Å²) in [5, 5.41) is 12.3. The van der Waals surface area contributed by atoms with Gasteiger partial charge in [-0.05, 0) is 47.7 Å². The van der Waals surface area contributed by atoms with Gasteiger partial charge in [0.15, 0.2) is 0 Å². The van der Waals surface area contributed by atoms with Gasteiger partial charge in [0.05, 0.1) is 0 Å². The van der Waals surface area contributed by atoms with Gasteiger partial charge >= 0.3 is 0 Å². The molecule has 112 valence electrons. The number of hydrogen-bond donors (Lipinski definition) is 2. The van der Waals surface area contributed by atoms with Crippen LogP contribution in [0.5, 0.6) is 5.75 Å². The van der Waals surface area contributed by atoms with Crippen LogP contribution in [0.2, 0.25) is 0 Å². The van der Waals surface area contributed by atoms with Crippen LogP contribution in [-0.4, -0.2) is 35.8 Å². The molecule has 0 bridgehead atoms. The summed E-state index contributed by atoms with van der Waals surface area (Å²) in [6, 6.07) is 9.42. The van der Waals surface area contributed by atoms with Gasteiger partial charge in [0.1, 0.15) is 18.5 Å². The number of ether oxygens (including phenoxy) is 1. The highest BCUT2D eigenvalue weighted by molar-refractivity contribution is 7.10. The first kappa shape index (κ1) is 14.4. The molecule has 1 atom stereocenters. The zero-order valence-electron chi connectivity index (χ0n) is 11.9. The molecule has 2 heterocycles. The van der Waals surface area contributed by atoms with Crippen molar-refractivity contribution in [2.45, 2.75) is 19.1 Å². The summed E-state index contributed by atoms with van der Waals surface area (Å²) in [5.74, 6) is 0.738. The van der Waals surface area contributed by atoms with Gasteiger partial charge < -0.3 is 15.6 Å². The van der Waals surface area contributed by atoms with Crippen LogP contribution in [-0.2, 0) is 13.0 Å². The maximum Gasteiger partial charge on any atom is 0.119 e. The van der Waals surface area contributed by atoms with Crippen molar-refractivity contribution in [3.05, 3.63) is 46.2 Å². The molecule has 1 aromatic heterocycles. The van der Waals surface area contributed by atoms with Crippen LogP contribution < -0.4 is 10.5 Å². The van der Waals surface area contributed by atoms with Gasteiger partial charge in [0.2, 0.25) is 0 Å². The van der Waals surface area contributed by atoms with Gasteiger partial charge in [0, 0.05) is 30.2 Å². The zero-order chi connectivity index (χ0) is 14.7. The standard InChI is InChI=1S/C16H20N2O2S/c17-13-1-3-15(4-2-13)20-11-14(19)10-18-7-5-16-12(9-18)6-8-21-16/h1-4,6,8,14,19H,5,7,9-11,17H2. The average Bonchev–Trinajstić information content (AvgIpc) is 2.94. The van der Waals surface area contributed by atoms with Crippen molar-refractivity contribution in [3.8, 4) is 5.75 Å². The van der Waals surface area contributed by atoms with Crippen molar-refractivity contribution in [1.82, 2.24) is 4.90 Å². The normalized spacial score (nSPS) is 16.4. The number of hydrogen-bond acceptors (Lipinski definition) is 5. The molecule has 3 N–H and O–H groups in total. The van der Waals surface area contributed by atoms with Crippen LogP contribution >= 0.6 is 11.3 Å². The van der Waals surface area contributed by atoms with Gasteiger partial charge in [-0.2, -0.15) is 0 Å². The molecule has 4 nitrogen and oxygen atoms in total. The molecule has 1 aliphatic rings. The molecule has 0 spiro atoms. The summed E-state index contributed by atoms with van der Waals surface area (Å²) < 4.78 is 5.59. The predicted molar refractivity (Wildman–Crippen MR) is 85.7 cm³/mol. The Morgan fingerprint density at radius 3 is 2.90 bits per heavy atom. The van der Waals surface area contributed by atoms with E-state index in [-0.39, 0.29) is 0 Å². The van der Waals surface area contributed by atoms with Crippen molar-refractivity contribution >= 4 is 17.0 Å². The first-order chi connectivity index (χ1) is 10.2. The molecule has 5 heteroatoms. The summed E-state index contributed by atoms with van der Waals surface area (Å²) in [6.45, 7) is 2.88. The number of nitrogens with two attached hydrogens (primary N) is 1. The molecule has 1 aromatic carbocycles. The second-order valence-electron chi connectivity index (χ2n) is 5.39. The zero-order valence-corrected chi connectivity index (χ0v) is 12.7. The lowest BCUT2D eigenvalue weighted by molar-refractivity contribution is 0.0640. The lowest BCUT2D eigenvalue weighted by Crippen LogP contribution is -2.38. The molecule has 0 saturated carbocycles. The summed E-state index contributed by atoms with van der Waals surface area (Å²) >= 11 is 1.83. The highest BCUT2D eigenvalue weighted by Gasteiger charge is 2.19. The van der Waals surface area contributed by atoms with Crippen molar-refractivity contribution in [3.63, 3.8) is 0 Å². The topological polar surface area (TPSA) is 58.7 Å². The lowest BCUT2D eigenvalue weighted by Gasteiger charge is -2.28. The van der Waals surface area contributed by atoms with Gasteiger partial charge in [-0.15, -0.1) is 11.3 Å². The highest BCUT2D eigenvalue weighted by Crippen LogP contribution is 2.24. The first-order valence-electron chi connectivity index (χ1n) is 7.15. The van der Waals surface area contributed by atoms with Crippen molar-refractivity contribution < 1.29 is 9.84 Å². The molecule has 21 heavy (non-hydrogen) atoms. The molecule has 3 rings (SSSR count). The van der Waals surface area contributed by atoms with Gasteiger partial charge in [-0.3, -0.25) is 4.90 Å². The summed E-state index contributed by atoms with van der Waals surface area (Å²) in [7, 11) is 0. The number of aliphatic hydroxyl groups excluding tert-OH is 1. The number of anilines is 1. The van der Waals surface area contributed by atoms with E-state index in [1.165, 1.54) is 10.4 Å². The Kier molecular flexibility index (Phi) is 4.43. The number of benzene rings is 1. The third kappa shape index (κ3) is 3.75. The number of β-amino-alcohol motifs (C(OH)–C–C–N with tert-alkyl or cyclic N) is 1. The highest BCUT2D eigenvalue weighted by atomic mass is 32.1. The Bertz CT molecular complexity index is 582. The molecular formula is C16H20N2O2S. The monoisotopic (exact) mass is 304 g/mol. The summed E-state index contributed by atoms with van der Waals surface area (Å²) in [5.41, 5.74) is 7.74. The van der Waals surface area contributed by atoms with Gasteiger partial charge in [-0.25, -0.2) is 0 Å². The number of rotatable bonds is 5. The maximum atomic E-state index is 10.1. The second-order valence-corrected chi connectivity index (χ2v) is 6.39. The van der Waals surface area contributed by atoms with Crippen LogP contribution in [0.25, 0.3) is 0 Å². The Hall–Kier alpha value is -1.56. The van der Waals surface area contributed by atoms with Crippen molar-refractivity contribution in [2.24, 2.45) is 0 Å². The molecule has 0 saturated heterocycles. The molecule has 1 unspecified atom stereocenters. The fourth-order valence-corrected chi connectivity index (χ4v) is 3.46. The van der Waals surface area contributed by atoms with Crippen LogP contribution in [0.3, 0.4) is 0 Å². The maximum absolute atomic E-state index is 10.1. The SMILES string of the molecule is Nc1ccc(OCC(O)CN2CCc3sccc3C2)cc1. The smallest absolute Gasteiger partial charge is 0.119 e. The van der Waals surface area contributed by atoms with Crippen LogP contribution in [0.1, 0.15) is 10.4 Å². The summed E-state index contributed by atoms with van der Waals surface area (Å²) in [6.07, 6.45) is 0.598. The Morgan fingerprint density at radius 1 is 1.29 bits per heavy atom. The van der Waals surface area contributed by atoms with Gasteiger partial charge in [0.25, 0.3) is 0 Å².